The summed E-state index contributed by atoms with van der Waals surface area (Å²) in [6.07, 6.45) is 2.87. The van der Waals surface area contributed by atoms with Crippen LogP contribution in [0, 0.1) is 0 Å². The van der Waals surface area contributed by atoms with Crippen LogP contribution in [0.1, 0.15) is 57.6 Å². The normalized spacial score (nSPS) is 12.3. The van der Waals surface area contributed by atoms with Crippen LogP contribution in [0.5, 0.6) is 0 Å². The zero-order valence-electron chi connectivity index (χ0n) is 21.5. The van der Waals surface area contributed by atoms with Crippen molar-refractivity contribution in [1.29, 1.82) is 0 Å². The molecule has 35 heavy (non-hydrogen) atoms. The van der Waals surface area contributed by atoms with E-state index in [4.69, 9.17) is 0 Å². The van der Waals surface area contributed by atoms with Crippen LogP contribution >= 0.6 is 0 Å². The van der Waals surface area contributed by atoms with E-state index >= 15 is 0 Å². The van der Waals surface area contributed by atoms with Crippen molar-refractivity contribution in [2.75, 3.05) is 30.2 Å². The minimum atomic E-state index is -3.73. The number of nitrogens with zero attached hydrogens (tertiary/aromatic N) is 2. The molecule has 2 aromatic carbocycles. The highest BCUT2D eigenvalue weighted by atomic mass is 32.2. The van der Waals surface area contributed by atoms with Gasteiger partial charge in [-0.1, -0.05) is 70.2 Å². The molecule has 0 aromatic heterocycles. The first-order valence-electron chi connectivity index (χ1n) is 12.3. The Morgan fingerprint density at radius 2 is 1.60 bits per heavy atom. The van der Waals surface area contributed by atoms with E-state index in [0.29, 0.717) is 37.5 Å². The summed E-state index contributed by atoms with van der Waals surface area (Å²) in [5, 5.41) is 2.88. The highest BCUT2D eigenvalue weighted by Gasteiger charge is 2.31. The van der Waals surface area contributed by atoms with Crippen molar-refractivity contribution in [3.63, 3.8) is 0 Å². The van der Waals surface area contributed by atoms with E-state index in [1.54, 1.807) is 12.1 Å². The van der Waals surface area contributed by atoms with Gasteiger partial charge in [0.2, 0.25) is 21.8 Å². The molecule has 0 saturated carbocycles. The minimum Gasteiger partial charge on any atom is -0.354 e. The summed E-state index contributed by atoms with van der Waals surface area (Å²) < 4.78 is 26.5. The van der Waals surface area contributed by atoms with Crippen LogP contribution in [0.2, 0.25) is 0 Å². The maximum Gasteiger partial charge on any atom is 0.244 e. The molecule has 0 heterocycles. The molecule has 0 spiro atoms. The monoisotopic (exact) mass is 501 g/mol. The number of anilines is 1. The summed E-state index contributed by atoms with van der Waals surface area (Å²) in [5.74, 6) is -0.321. The Kier molecular flexibility index (Phi) is 10.8. The van der Waals surface area contributed by atoms with E-state index < -0.39 is 22.0 Å². The Bertz CT molecular complexity index is 1050. The fourth-order valence-electron chi connectivity index (χ4n) is 3.90. The average molecular weight is 502 g/mol. The van der Waals surface area contributed by atoms with Crippen molar-refractivity contribution in [1.82, 2.24) is 10.2 Å². The third kappa shape index (κ3) is 8.38. The molecule has 1 N–H and O–H groups in total. The fourth-order valence-corrected chi connectivity index (χ4v) is 4.75. The second-order valence-corrected chi connectivity index (χ2v) is 11.0. The van der Waals surface area contributed by atoms with Crippen LogP contribution in [0.25, 0.3) is 0 Å². The molecule has 192 valence electrons. The fraction of sp³-hybridized carbons (Fsp3) is 0.481. The van der Waals surface area contributed by atoms with Gasteiger partial charge in [0, 0.05) is 13.1 Å². The lowest BCUT2D eigenvalue weighted by Gasteiger charge is -2.33. The first-order valence-corrected chi connectivity index (χ1v) is 14.1. The second-order valence-electron chi connectivity index (χ2n) is 9.05. The zero-order chi connectivity index (χ0) is 26.0. The maximum atomic E-state index is 13.6. The highest BCUT2D eigenvalue weighted by molar-refractivity contribution is 7.92. The third-order valence-electron chi connectivity index (χ3n) is 5.95. The van der Waals surface area contributed by atoms with Crippen molar-refractivity contribution < 1.29 is 18.0 Å². The summed E-state index contributed by atoms with van der Waals surface area (Å²) in [5.41, 5.74) is 2.55. The molecular formula is C27H39N3O4S. The summed E-state index contributed by atoms with van der Waals surface area (Å²) in [6.45, 7) is 8.41. The van der Waals surface area contributed by atoms with Crippen LogP contribution in [0.3, 0.4) is 0 Å². The molecule has 0 aliphatic rings. The second kappa shape index (κ2) is 13.3. The van der Waals surface area contributed by atoms with Crippen molar-refractivity contribution >= 4 is 27.5 Å². The topological polar surface area (TPSA) is 86.8 Å². The molecule has 2 aromatic rings. The van der Waals surface area contributed by atoms with Gasteiger partial charge in [-0.3, -0.25) is 13.9 Å². The lowest BCUT2D eigenvalue weighted by atomic mass is 10.0. The van der Waals surface area contributed by atoms with Crippen LogP contribution in [-0.4, -0.2) is 57.1 Å². The predicted molar refractivity (Wildman–Crippen MR) is 142 cm³/mol. The molecule has 0 aliphatic carbocycles. The van der Waals surface area contributed by atoms with Gasteiger partial charge in [0.15, 0.2) is 0 Å². The summed E-state index contributed by atoms with van der Waals surface area (Å²) >= 11 is 0. The number of rotatable bonds is 13. The van der Waals surface area contributed by atoms with Gasteiger partial charge < -0.3 is 10.2 Å². The van der Waals surface area contributed by atoms with Crippen LogP contribution in [0.15, 0.2) is 54.6 Å². The Balaban J connectivity index is 2.34. The van der Waals surface area contributed by atoms with Crippen LogP contribution in [-0.2, 0) is 26.0 Å². The Morgan fingerprint density at radius 3 is 2.11 bits per heavy atom. The van der Waals surface area contributed by atoms with E-state index in [9.17, 15) is 18.0 Å². The van der Waals surface area contributed by atoms with E-state index in [1.807, 2.05) is 56.3 Å². The SMILES string of the molecule is CCCNC(=O)C(CC)N(CCc1ccccc1)C(=O)CN(c1ccc(C(C)C)cc1)S(C)(=O)=O. The smallest absolute Gasteiger partial charge is 0.244 e. The Morgan fingerprint density at radius 1 is 0.971 bits per heavy atom. The summed E-state index contributed by atoms with van der Waals surface area (Å²) in [7, 11) is -3.73. The lowest BCUT2D eigenvalue weighted by Crippen LogP contribution is -2.53. The number of hydrogen-bond donors (Lipinski definition) is 1. The van der Waals surface area contributed by atoms with E-state index in [0.717, 1.165) is 28.1 Å². The molecule has 1 unspecified atom stereocenters. The molecule has 2 rings (SSSR count). The van der Waals surface area contributed by atoms with Gasteiger partial charge in [-0.2, -0.15) is 0 Å². The number of nitrogens with one attached hydrogen (secondary N) is 1. The molecule has 0 fully saturated rings. The number of carbonyl (C=O) groups excluding carboxylic acids is 2. The number of amides is 2. The van der Waals surface area contributed by atoms with Gasteiger partial charge in [-0.05, 0) is 48.4 Å². The number of hydrogen-bond acceptors (Lipinski definition) is 4. The Hall–Kier alpha value is -2.87. The molecule has 0 saturated heterocycles. The lowest BCUT2D eigenvalue weighted by molar-refractivity contribution is -0.139. The maximum absolute atomic E-state index is 13.6. The summed E-state index contributed by atoms with van der Waals surface area (Å²) in [4.78, 5) is 28.0. The Labute approximate surface area is 210 Å². The molecule has 0 bridgehead atoms. The third-order valence-corrected chi connectivity index (χ3v) is 7.09. The number of sulfonamides is 1. The quantitative estimate of drug-likeness (QED) is 0.450. The molecule has 0 radical (unpaired) electrons. The molecule has 7 nitrogen and oxygen atoms in total. The standard InChI is InChI=1S/C27H39N3O4S/c1-6-18-28-27(32)25(7-2)29(19-17-22-11-9-8-10-12-22)26(31)20-30(35(5,33)34)24-15-13-23(14-16-24)21(3)4/h8-16,21,25H,6-7,17-20H2,1-5H3,(H,28,32). The van der Waals surface area contributed by atoms with Gasteiger partial charge in [0.25, 0.3) is 0 Å². The van der Waals surface area contributed by atoms with Gasteiger partial charge in [0.05, 0.1) is 11.9 Å². The van der Waals surface area contributed by atoms with Crippen molar-refractivity contribution in [3.8, 4) is 0 Å². The molecular weight excluding hydrogens is 462 g/mol. The minimum absolute atomic E-state index is 0.219. The molecule has 2 amide bonds. The van der Waals surface area contributed by atoms with Crippen molar-refractivity contribution in [2.24, 2.45) is 0 Å². The first-order chi connectivity index (χ1) is 16.6. The first kappa shape index (κ1) is 28.4. The number of carbonyl (C=O) groups is 2. The number of benzene rings is 2. The van der Waals surface area contributed by atoms with Crippen LogP contribution in [0.4, 0.5) is 5.69 Å². The van der Waals surface area contributed by atoms with Gasteiger partial charge in [-0.25, -0.2) is 8.42 Å². The predicted octanol–water partition coefficient (Wildman–Crippen LogP) is 3.95. The van der Waals surface area contributed by atoms with E-state index in [2.05, 4.69) is 19.2 Å². The molecule has 8 heteroatoms. The largest absolute Gasteiger partial charge is 0.354 e. The van der Waals surface area contributed by atoms with Crippen molar-refractivity contribution in [2.45, 2.75) is 58.9 Å². The van der Waals surface area contributed by atoms with Gasteiger partial charge in [-0.15, -0.1) is 0 Å². The molecule has 0 aliphatic heterocycles. The van der Waals surface area contributed by atoms with Crippen LogP contribution < -0.4 is 9.62 Å². The highest BCUT2D eigenvalue weighted by Crippen LogP contribution is 2.22. The zero-order valence-corrected chi connectivity index (χ0v) is 22.3. The van der Waals surface area contributed by atoms with Gasteiger partial charge in [0.1, 0.15) is 12.6 Å². The van der Waals surface area contributed by atoms with Gasteiger partial charge >= 0.3 is 0 Å². The summed E-state index contributed by atoms with van der Waals surface area (Å²) in [6, 6.07) is 16.3. The van der Waals surface area contributed by atoms with E-state index in [1.165, 1.54) is 4.90 Å². The van der Waals surface area contributed by atoms with Crippen molar-refractivity contribution in [3.05, 3.63) is 65.7 Å². The van der Waals surface area contributed by atoms with E-state index in [-0.39, 0.29) is 12.5 Å². The average Bonchev–Trinajstić information content (AvgIpc) is 2.83. The molecule has 1 atom stereocenters.